The van der Waals surface area contributed by atoms with Crippen LogP contribution in [0.2, 0.25) is 0 Å². The van der Waals surface area contributed by atoms with Gasteiger partial charge in [-0.15, -0.1) is 0 Å². The number of carbonyl (C=O) groups is 2. The van der Waals surface area contributed by atoms with E-state index in [4.69, 9.17) is 9.47 Å². The Morgan fingerprint density at radius 3 is 2.12 bits per heavy atom. The summed E-state index contributed by atoms with van der Waals surface area (Å²) in [5.41, 5.74) is 2.33. The molecule has 1 aliphatic rings. The smallest absolute Gasteiger partial charge is 0.310 e. The third-order valence-electron chi connectivity index (χ3n) is 3.83. The summed E-state index contributed by atoms with van der Waals surface area (Å²) in [5, 5.41) is 0. The van der Waals surface area contributed by atoms with E-state index in [1.54, 1.807) is 0 Å². The fraction of sp³-hybridized carbons (Fsp3) is 0.692. The minimum Gasteiger partial charge on any atom is -0.469 e. The van der Waals surface area contributed by atoms with Gasteiger partial charge in [0.2, 0.25) is 0 Å². The van der Waals surface area contributed by atoms with Crippen LogP contribution in [0, 0.1) is 17.8 Å². The highest BCUT2D eigenvalue weighted by Crippen LogP contribution is 2.39. The Labute approximate surface area is 102 Å². The van der Waals surface area contributed by atoms with E-state index < -0.39 is 11.8 Å². The summed E-state index contributed by atoms with van der Waals surface area (Å²) >= 11 is 0. The van der Waals surface area contributed by atoms with Crippen LogP contribution in [0.4, 0.5) is 0 Å². The lowest BCUT2D eigenvalue weighted by Crippen LogP contribution is -2.39. The molecule has 0 fully saturated rings. The monoisotopic (exact) mass is 240 g/mol. The molecule has 96 valence electrons. The zero-order valence-corrected chi connectivity index (χ0v) is 11.1. The van der Waals surface area contributed by atoms with Crippen LogP contribution >= 0.6 is 0 Å². The van der Waals surface area contributed by atoms with E-state index >= 15 is 0 Å². The standard InChI is InChI=1S/C13H20O4/c1-7-6-10(12(14)16-4)11(13(15)17-5)9(3)8(7)2/h9-11H,6H2,1-5H3. The molecule has 0 bridgehead atoms. The van der Waals surface area contributed by atoms with Crippen molar-refractivity contribution in [1.29, 1.82) is 0 Å². The van der Waals surface area contributed by atoms with E-state index in [-0.39, 0.29) is 17.9 Å². The first-order chi connectivity index (χ1) is 7.93. The SMILES string of the molecule is COC(=O)C1CC(C)=C(C)C(C)C1C(=O)OC. The molecule has 4 nitrogen and oxygen atoms in total. The highest BCUT2D eigenvalue weighted by atomic mass is 16.5. The Bertz CT molecular complexity index is 356. The molecular weight excluding hydrogens is 220 g/mol. The van der Waals surface area contributed by atoms with Crippen LogP contribution in [-0.4, -0.2) is 26.2 Å². The molecule has 0 spiro atoms. The van der Waals surface area contributed by atoms with Crippen LogP contribution in [0.3, 0.4) is 0 Å². The van der Waals surface area contributed by atoms with Gasteiger partial charge in [-0.2, -0.15) is 0 Å². The topological polar surface area (TPSA) is 52.6 Å². The maximum atomic E-state index is 11.8. The lowest BCUT2D eigenvalue weighted by atomic mass is 9.70. The first kappa shape index (κ1) is 13.7. The zero-order valence-electron chi connectivity index (χ0n) is 11.1. The number of rotatable bonds is 2. The minimum absolute atomic E-state index is 0.0142. The van der Waals surface area contributed by atoms with Gasteiger partial charge in [0.1, 0.15) is 0 Å². The summed E-state index contributed by atoms with van der Waals surface area (Å²) in [5.74, 6) is -1.51. The highest BCUT2D eigenvalue weighted by Gasteiger charge is 2.42. The van der Waals surface area contributed by atoms with Crippen molar-refractivity contribution in [1.82, 2.24) is 0 Å². The van der Waals surface area contributed by atoms with Crippen molar-refractivity contribution in [2.45, 2.75) is 27.2 Å². The van der Waals surface area contributed by atoms with Gasteiger partial charge >= 0.3 is 11.9 Å². The van der Waals surface area contributed by atoms with Gasteiger partial charge in [-0.3, -0.25) is 9.59 Å². The quantitative estimate of drug-likeness (QED) is 0.546. The first-order valence-corrected chi connectivity index (χ1v) is 5.75. The van der Waals surface area contributed by atoms with Crippen molar-refractivity contribution in [3.63, 3.8) is 0 Å². The number of ether oxygens (including phenoxy) is 2. The fourth-order valence-electron chi connectivity index (χ4n) is 2.51. The van der Waals surface area contributed by atoms with Crippen LogP contribution < -0.4 is 0 Å². The molecule has 0 heterocycles. The van der Waals surface area contributed by atoms with E-state index in [1.165, 1.54) is 19.8 Å². The summed E-state index contributed by atoms with van der Waals surface area (Å²) in [4.78, 5) is 23.6. The Morgan fingerprint density at radius 1 is 1.12 bits per heavy atom. The second-order valence-electron chi connectivity index (χ2n) is 4.63. The predicted molar refractivity (Wildman–Crippen MR) is 63.2 cm³/mol. The predicted octanol–water partition coefficient (Wildman–Crippen LogP) is 1.94. The Morgan fingerprint density at radius 2 is 1.65 bits per heavy atom. The number of hydrogen-bond acceptors (Lipinski definition) is 4. The molecule has 1 aliphatic carbocycles. The Hall–Kier alpha value is -1.32. The van der Waals surface area contributed by atoms with E-state index in [2.05, 4.69) is 0 Å². The van der Waals surface area contributed by atoms with Gasteiger partial charge in [0, 0.05) is 0 Å². The van der Waals surface area contributed by atoms with Gasteiger partial charge in [-0.05, 0) is 26.2 Å². The Kier molecular flexibility index (Phi) is 4.32. The summed E-state index contributed by atoms with van der Waals surface area (Å²) < 4.78 is 9.58. The Balaban J connectivity index is 3.10. The van der Waals surface area contributed by atoms with E-state index in [9.17, 15) is 9.59 Å². The third kappa shape index (κ3) is 2.51. The number of allylic oxidation sites excluding steroid dienone is 2. The average molecular weight is 240 g/mol. The minimum atomic E-state index is -0.434. The van der Waals surface area contributed by atoms with Crippen molar-refractivity contribution >= 4 is 11.9 Å². The van der Waals surface area contributed by atoms with Crippen molar-refractivity contribution < 1.29 is 19.1 Å². The normalized spacial score (nSPS) is 28.9. The van der Waals surface area contributed by atoms with Gasteiger partial charge < -0.3 is 9.47 Å². The average Bonchev–Trinajstić information content (AvgIpc) is 2.33. The van der Waals surface area contributed by atoms with Gasteiger partial charge in [-0.1, -0.05) is 18.1 Å². The molecule has 17 heavy (non-hydrogen) atoms. The third-order valence-corrected chi connectivity index (χ3v) is 3.83. The second kappa shape index (κ2) is 5.34. The van der Waals surface area contributed by atoms with E-state index in [0.717, 1.165) is 5.57 Å². The molecule has 0 saturated carbocycles. The molecule has 0 saturated heterocycles. The van der Waals surface area contributed by atoms with Crippen LogP contribution in [-0.2, 0) is 19.1 Å². The molecule has 0 aromatic heterocycles. The highest BCUT2D eigenvalue weighted by molar-refractivity contribution is 5.83. The zero-order chi connectivity index (χ0) is 13.2. The van der Waals surface area contributed by atoms with Crippen molar-refractivity contribution in [2.75, 3.05) is 14.2 Å². The number of methoxy groups -OCH3 is 2. The molecule has 3 atom stereocenters. The lowest BCUT2D eigenvalue weighted by Gasteiger charge is -2.34. The van der Waals surface area contributed by atoms with Gasteiger partial charge in [0.05, 0.1) is 26.1 Å². The van der Waals surface area contributed by atoms with Crippen molar-refractivity contribution in [3.05, 3.63) is 11.1 Å². The molecule has 3 unspecified atom stereocenters. The molecule has 0 radical (unpaired) electrons. The summed E-state index contributed by atoms with van der Waals surface area (Å²) in [6, 6.07) is 0. The summed E-state index contributed by atoms with van der Waals surface area (Å²) in [7, 11) is 2.70. The maximum absolute atomic E-state index is 11.8. The summed E-state index contributed by atoms with van der Waals surface area (Å²) in [6.45, 7) is 5.95. The first-order valence-electron chi connectivity index (χ1n) is 5.75. The molecule has 0 aromatic carbocycles. The second-order valence-corrected chi connectivity index (χ2v) is 4.63. The van der Waals surface area contributed by atoms with Crippen LogP contribution in [0.5, 0.6) is 0 Å². The van der Waals surface area contributed by atoms with Crippen molar-refractivity contribution in [2.24, 2.45) is 17.8 Å². The molecule has 0 aromatic rings. The van der Waals surface area contributed by atoms with Crippen LogP contribution in [0.15, 0.2) is 11.1 Å². The molecule has 0 amide bonds. The number of esters is 2. The van der Waals surface area contributed by atoms with E-state index in [0.29, 0.717) is 6.42 Å². The molecular formula is C13H20O4. The maximum Gasteiger partial charge on any atom is 0.310 e. The number of hydrogen-bond donors (Lipinski definition) is 0. The molecule has 0 N–H and O–H groups in total. The van der Waals surface area contributed by atoms with Gasteiger partial charge in [0.25, 0.3) is 0 Å². The van der Waals surface area contributed by atoms with E-state index in [1.807, 2.05) is 20.8 Å². The molecule has 4 heteroatoms. The summed E-state index contributed by atoms with van der Waals surface area (Å²) in [6.07, 6.45) is 0.572. The van der Waals surface area contributed by atoms with Crippen molar-refractivity contribution in [3.8, 4) is 0 Å². The molecule has 0 aliphatic heterocycles. The largest absolute Gasteiger partial charge is 0.469 e. The molecule has 1 rings (SSSR count). The van der Waals surface area contributed by atoms with Crippen LogP contribution in [0.1, 0.15) is 27.2 Å². The van der Waals surface area contributed by atoms with Crippen LogP contribution in [0.25, 0.3) is 0 Å². The lowest BCUT2D eigenvalue weighted by molar-refractivity contribution is -0.159. The van der Waals surface area contributed by atoms with Gasteiger partial charge in [-0.25, -0.2) is 0 Å². The van der Waals surface area contributed by atoms with Gasteiger partial charge in [0.15, 0.2) is 0 Å². The number of carbonyl (C=O) groups excluding carboxylic acids is 2. The fourth-order valence-corrected chi connectivity index (χ4v) is 2.51.